The molecule has 22 heavy (non-hydrogen) atoms. The van der Waals surface area contributed by atoms with E-state index in [0.29, 0.717) is 0 Å². The Morgan fingerprint density at radius 1 is 0.955 bits per heavy atom. The molecule has 2 heteroatoms. The van der Waals surface area contributed by atoms with Gasteiger partial charge >= 0.3 is 0 Å². The van der Waals surface area contributed by atoms with Crippen molar-refractivity contribution in [3.05, 3.63) is 35.9 Å². The van der Waals surface area contributed by atoms with Crippen molar-refractivity contribution in [2.45, 2.75) is 70.9 Å². The van der Waals surface area contributed by atoms with Crippen molar-refractivity contribution in [2.24, 2.45) is 0 Å². The third kappa shape index (κ3) is 6.93. The van der Waals surface area contributed by atoms with Gasteiger partial charge in [0.15, 0.2) is 0 Å². The number of nitrogens with one attached hydrogen (secondary N) is 1. The maximum atomic E-state index is 3.54. The molecule has 1 unspecified atom stereocenters. The van der Waals surface area contributed by atoms with E-state index in [1.807, 2.05) is 0 Å². The van der Waals surface area contributed by atoms with Crippen LogP contribution in [0.5, 0.6) is 0 Å². The second kappa shape index (κ2) is 10.8. The average molecular weight is 303 g/mol. The van der Waals surface area contributed by atoms with Gasteiger partial charge in [0, 0.05) is 12.6 Å². The van der Waals surface area contributed by atoms with Crippen LogP contribution in [0.4, 0.5) is 0 Å². The van der Waals surface area contributed by atoms with Gasteiger partial charge < -0.3 is 10.2 Å². The zero-order chi connectivity index (χ0) is 15.5. The molecular formula is C20H34N2. The highest BCUT2D eigenvalue weighted by atomic mass is 15.2. The summed E-state index contributed by atoms with van der Waals surface area (Å²) >= 11 is 0. The molecule has 2 rings (SSSR count). The first-order valence-electron chi connectivity index (χ1n) is 9.35. The number of likely N-dealkylation sites (tertiary alicyclic amines) is 1. The topological polar surface area (TPSA) is 15.3 Å². The van der Waals surface area contributed by atoms with Crippen LogP contribution in [-0.4, -0.2) is 30.6 Å². The Kier molecular flexibility index (Phi) is 8.59. The van der Waals surface area contributed by atoms with E-state index in [-0.39, 0.29) is 0 Å². The molecule has 0 radical (unpaired) electrons. The monoisotopic (exact) mass is 302 g/mol. The molecule has 1 aromatic carbocycles. The van der Waals surface area contributed by atoms with Gasteiger partial charge in [0.2, 0.25) is 0 Å². The van der Waals surface area contributed by atoms with Gasteiger partial charge in [-0.15, -0.1) is 0 Å². The van der Waals surface area contributed by atoms with Gasteiger partial charge in [-0.1, -0.05) is 56.0 Å². The van der Waals surface area contributed by atoms with Gasteiger partial charge in [0.05, 0.1) is 0 Å². The lowest BCUT2D eigenvalue weighted by Gasteiger charge is -2.23. The number of hydrogen-bond donors (Lipinski definition) is 1. The molecule has 1 atom stereocenters. The summed E-state index contributed by atoms with van der Waals surface area (Å²) in [6, 6.07) is 11.5. The highest BCUT2D eigenvalue weighted by Gasteiger charge is 2.16. The lowest BCUT2D eigenvalue weighted by Crippen LogP contribution is -2.29. The summed E-state index contributed by atoms with van der Waals surface area (Å²) in [6.45, 7) is 7.26. The van der Waals surface area contributed by atoms with Gasteiger partial charge in [-0.05, 0) is 57.8 Å². The van der Waals surface area contributed by atoms with E-state index in [1.165, 1.54) is 70.0 Å². The summed E-state index contributed by atoms with van der Waals surface area (Å²) in [6.07, 6.45) is 11.1. The molecular weight excluding hydrogens is 268 g/mol. The molecule has 1 N–H and O–H groups in total. The van der Waals surface area contributed by atoms with Crippen molar-refractivity contribution in [3.63, 3.8) is 0 Å². The molecule has 0 spiro atoms. The zero-order valence-electron chi connectivity index (χ0n) is 14.4. The standard InChI is InChI=1S/C20H34N2/c1-19(22-16-10-11-17-22)12-6-3-2-4-9-15-21-18-20-13-7-5-8-14-20/h5,7-8,13-14,19,21H,2-4,6,9-12,15-18H2,1H3. The van der Waals surface area contributed by atoms with Gasteiger partial charge in [0.25, 0.3) is 0 Å². The number of unbranched alkanes of at least 4 members (excludes halogenated alkanes) is 4. The normalized spacial score (nSPS) is 17.0. The SMILES string of the molecule is CC(CCCCCCCNCc1ccccc1)N1CCCC1. The Labute approximate surface area is 137 Å². The van der Waals surface area contributed by atoms with Crippen LogP contribution in [0.3, 0.4) is 0 Å². The van der Waals surface area contributed by atoms with E-state index in [0.717, 1.165) is 19.1 Å². The van der Waals surface area contributed by atoms with Crippen molar-refractivity contribution in [2.75, 3.05) is 19.6 Å². The number of rotatable bonds is 11. The second-order valence-electron chi connectivity index (χ2n) is 6.81. The van der Waals surface area contributed by atoms with Crippen LogP contribution in [-0.2, 0) is 6.54 Å². The summed E-state index contributed by atoms with van der Waals surface area (Å²) in [5.74, 6) is 0. The molecule has 2 nitrogen and oxygen atoms in total. The Morgan fingerprint density at radius 2 is 1.64 bits per heavy atom. The summed E-state index contributed by atoms with van der Waals surface area (Å²) < 4.78 is 0. The molecule has 0 aliphatic carbocycles. The second-order valence-corrected chi connectivity index (χ2v) is 6.81. The minimum absolute atomic E-state index is 0.815. The number of benzene rings is 1. The van der Waals surface area contributed by atoms with Gasteiger partial charge in [-0.3, -0.25) is 0 Å². The van der Waals surface area contributed by atoms with Gasteiger partial charge in [-0.2, -0.15) is 0 Å². The molecule has 0 bridgehead atoms. The molecule has 0 amide bonds. The molecule has 0 aromatic heterocycles. The van der Waals surface area contributed by atoms with E-state index >= 15 is 0 Å². The first kappa shape index (κ1) is 17.5. The predicted octanol–water partition coefficient (Wildman–Crippen LogP) is 4.60. The smallest absolute Gasteiger partial charge is 0.0205 e. The Hall–Kier alpha value is -0.860. The van der Waals surface area contributed by atoms with Crippen molar-refractivity contribution in [1.82, 2.24) is 10.2 Å². The maximum Gasteiger partial charge on any atom is 0.0205 e. The molecule has 124 valence electrons. The van der Waals surface area contributed by atoms with Crippen LogP contribution in [0.15, 0.2) is 30.3 Å². The van der Waals surface area contributed by atoms with E-state index in [1.54, 1.807) is 0 Å². The highest BCUT2D eigenvalue weighted by Crippen LogP contribution is 2.16. The van der Waals surface area contributed by atoms with Crippen LogP contribution >= 0.6 is 0 Å². The molecule has 1 fully saturated rings. The largest absolute Gasteiger partial charge is 0.313 e. The average Bonchev–Trinajstić information content (AvgIpc) is 3.08. The molecule has 1 aliphatic heterocycles. The van der Waals surface area contributed by atoms with Crippen molar-refractivity contribution < 1.29 is 0 Å². The minimum Gasteiger partial charge on any atom is -0.313 e. The van der Waals surface area contributed by atoms with Crippen molar-refractivity contribution in [1.29, 1.82) is 0 Å². The highest BCUT2D eigenvalue weighted by molar-refractivity contribution is 5.14. The molecule has 0 saturated carbocycles. The van der Waals surface area contributed by atoms with E-state index in [9.17, 15) is 0 Å². The van der Waals surface area contributed by atoms with Crippen LogP contribution in [0.25, 0.3) is 0 Å². The minimum atomic E-state index is 0.815. The fourth-order valence-electron chi connectivity index (χ4n) is 3.41. The molecule has 1 aliphatic rings. The summed E-state index contributed by atoms with van der Waals surface area (Å²) in [7, 11) is 0. The van der Waals surface area contributed by atoms with Gasteiger partial charge in [-0.25, -0.2) is 0 Å². The zero-order valence-corrected chi connectivity index (χ0v) is 14.4. The fraction of sp³-hybridized carbons (Fsp3) is 0.700. The van der Waals surface area contributed by atoms with Crippen LogP contribution in [0, 0.1) is 0 Å². The van der Waals surface area contributed by atoms with Crippen LogP contribution < -0.4 is 5.32 Å². The van der Waals surface area contributed by atoms with Crippen LogP contribution in [0.2, 0.25) is 0 Å². The fourth-order valence-corrected chi connectivity index (χ4v) is 3.41. The third-order valence-electron chi connectivity index (χ3n) is 4.91. The lowest BCUT2D eigenvalue weighted by atomic mass is 10.1. The Morgan fingerprint density at radius 3 is 2.41 bits per heavy atom. The van der Waals surface area contributed by atoms with E-state index in [2.05, 4.69) is 47.5 Å². The summed E-state index contributed by atoms with van der Waals surface area (Å²) in [4.78, 5) is 2.67. The van der Waals surface area contributed by atoms with E-state index in [4.69, 9.17) is 0 Å². The summed E-state index contributed by atoms with van der Waals surface area (Å²) in [5, 5.41) is 3.54. The maximum absolute atomic E-state index is 3.54. The predicted molar refractivity (Wildman–Crippen MR) is 96.1 cm³/mol. The molecule has 1 aromatic rings. The Bertz CT molecular complexity index is 371. The summed E-state index contributed by atoms with van der Waals surface area (Å²) in [5.41, 5.74) is 1.39. The lowest BCUT2D eigenvalue weighted by molar-refractivity contribution is 0.242. The Balaban J connectivity index is 1.37. The van der Waals surface area contributed by atoms with Gasteiger partial charge in [0.1, 0.15) is 0 Å². The first-order chi connectivity index (χ1) is 10.9. The first-order valence-corrected chi connectivity index (χ1v) is 9.35. The van der Waals surface area contributed by atoms with Crippen molar-refractivity contribution >= 4 is 0 Å². The third-order valence-corrected chi connectivity index (χ3v) is 4.91. The molecule has 1 saturated heterocycles. The van der Waals surface area contributed by atoms with Crippen LogP contribution in [0.1, 0.15) is 63.9 Å². The quantitative estimate of drug-likeness (QED) is 0.601. The molecule has 1 heterocycles. The number of hydrogen-bond acceptors (Lipinski definition) is 2. The number of nitrogens with zero attached hydrogens (tertiary/aromatic N) is 1. The van der Waals surface area contributed by atoms with Crippen molar-refractivity contribution in [3.8, 4) is 0 Å². The van der Waals surface area contributed by atoms with E-state index < -0.39 is 0 Å².